The summed E-state index contributed by atoms with van der Waals surface area (Å²) in [6.07, 6.45) is 6.88. The summed E-state index contributed by atoms with van der Waals surface area (Å²) in [5, 5.41) is 12.9. The third-order valence-electron chi connectivity index (χ3n) is 3.42. The van der Waals surface area contributed by atoms with Gasteiger partial charge in [-0.1, -0.05) is 12.8 Å². The van der Waals surface area contributed by atoms with E-state index in [4.69, 9.17) is 0 Å². The Labute approximate surface area is 112 Å². The molecule has 0 bridgehead atoms. The first-order valence-electron chi connectivity index (χ1n) is 6.56. The van der Waals surface area contributed by atoms with Gasteiger partial charge < -0.3 is 15.3 Å². The minimum atomic E-state index is -0.711. The van der Waals surface area contributed by atoms with E-state index in [1.54, 1.807) is 30.4 Å². The Kier molecular flexibility index (Phi) is 4.31. The molecule has 104 valence electrons. The quantitative estimate of drug-likeness (QED) is 0.801. The zero-order chi connectivity index (χ0) is 13.7. The number of carbonyl (C=O) groups is 1. The standard InChI is InChI=1S/C13H20N4O2/c1-17(12-14-7-4-8-15-12)9-11(18)16-10-13(19)5-2-3-6-13/h4,7-8,19H,2-3,5-6,9-10H2,1H3,(H,16,18). The predicted octanol–water partition coefficient (Wildman–Crippen LogP) is 0.334. The molecule has 0 unspecified atom stereocenters. The average molecular weight is 264 g/mol. The molecule has 6 heteroatoms. The lowest BCUT2D eigenvalue weighted by atomic mass is 10.0. The minimum Gasteiger partial charge on any atom is -0.388 e. The van der Waals surface area contributed by atoms with Crippen molar-refractivity contribution in [2.45, 2.75) is 31.3 Å². The number of nitrogens with zero attached hydrogens (tertiary/aromatic N) is 3. The van der Waals surface area contributed by atoms with Crippen LogP contribution in [0, 0.1) is 0 Å². The largest absolute Gasteiger partial charge is 0.388 e. The fourth-order valence-corrected chi connectivity index (χ4v) is 2.30. The first kappa shape index (κ1) is 13.7. The summed E-state index contributed by atoms with van der Waals surface area (Å²) in [5.41, 5.74) is -0.711. The molecule has 0 aromatic carbocycles. The monoisotopic (exact) mass is 264 g/mol. The zero-order valence-electron chi connectivity index (χ0n) is 11.2. The van der Waals surface area contributed by atoms with Gasteiger partial charge in [-0.15, -0.1) is 0 Å². The molecular weight excluding hydrogens is 244 g/mol. The molecule has 1 heterocycles. The molecule has 19 heavy (non-hydrogen) atoms. The number of aliphatic hydroxyl groups is 1. The van der Waals surface area contributed by atoms with E-state index >= 15 is 0 Å². The van der Waals surface area contributed by atoms with Crippen LogP contribution >= 0.6 is 0 Å². The number of carbonyl (C=O) groups excluding carboxylic acids is 1. The second-order valence-electron chi connectivity index (χ2n) is 5.11. The number of nitrogens with one attached hydrogen (secondary N) is 1. The zero-order valence-corrected chi connectivity index (χ0v) is 11.2. The second-order valence-corrected chi connectivity index (χ2v) is 5.11. The molecule has 0 saturated heterocycles. The van der Waals surface area contributed by atoms with Crippen molar-refractivity contribution in [1.29, 1.82) is 0 Å². The molecule has 6 nitrogen and oxygen atoms in total. The number of anilines is 1. The molecule has 0 spiro atoms. The molecule has 1 aliphatic carbocycles. The molecule has 1 saturated carbocycles. The number of hydrogen-bond donors (Lipinski definition) is 2. The van der Waals surface area contributed by atoms with Crippen molar-refractivity contribution < 1.29 is 9.90 Å². The maximum absolute atomic E-state index is 11.8. The summed E-state index contributed by atoms with van der Waals surface area (Å²) in [4.78, 5) is 21.6. The summed E-state index contributed by atoms with van der Waals surface area (Å²) in [6, 6.07) is 1.73. The average Bonchev–Trinajstić information content (AvgIpc) is 2.85. The Bertz CT molecular complexity index is 418. The highest BCUT2D eigenvalue weighted by Gasteiger charge is 2.31. The second kappa shape index (κ2) is 5.97. The predicted molar refractivity (Wildman–Crippen MR) is 71.7 cm³/mol. The molecule has 2 N–H and O–H groups in total. The van der Waals surface area contributed by atoms with Crippen molar-refractivity contribution in [2.75, 3.05) is 25.0 Å². The van der Waals surface area contributed by atoms with Crippen LogP contribution in [0.3, 0.4) is 0 Å². The lowest BCUT2D eigenvalue weighted by molar-refractivity contribution is -0.121. The first-order valence-corrected chi connectivity index (χ1v) is 6.56. The molecule has 1 aromatic rings. The number of amides is 1. The maximum Gasteiger partial charge on any atom is 0.239 e. The maximum atomic E-state index is 11.8. The van der Waals surface area contributed by atoms with Crippen LogP contribution in [-0.4, -0.2) is 46.7 Å². The molecule has 1 aliphatic rings. The summed E-state index contributed by atoms with van der Waals surface area (Å²) in [7, 11) is 1.76. The van der Waals surface area contributed by atoms with E-state index in [-0.39, 0.29) is 12.5 Å². The van der Waals surface area contributed by atoms with Gasteiger partial charge in [-0.3, -0.25) is 4.79 Å². The van der Waals surface area contributed by atoms with E-state index in [0.717, 1.165) is 25.7 Å². The van der Waals surface area contributed by atoms with Gasteiger partial charge in [0.2, 0.25) is 11.9 Å². The van der Waals surface area contributed by atoms with Crippen LogP contribution in [0.15, 0.2) is 18.5 Å². The van der Waals surface area contributed by atoms with E-state index in [1.807, 2.05) is 0 Å². The summed E-state index contributed by atoms with van der Waals surface area (Å²) in [5.74, 6) is 0.382. The SMILES string of the molecule is CN(CC(=O)NCC1(O)CCCC1)c1ncccn1. The van der Waals surface area contributed by atoms with Crippen LogP contribution in [0.4, 0.5) is 5.95 Å². The van der Waals surface area contributed by atoms with Gasteiger partial charge in [0, 0.05) is 26.0 Å². The van der Waals surface area contributed by atoms with E-state index in [2.05, 4.69) is 15.3 Å². The number of hydrogen-bond acceptors (Lipinski definition) is 5. The van der Waals surface area contributed by atoms with Crippen molar-refractivity contribution in [3.63, 3.8) is 0 Å². The van der Waals surface area contributed by atoms with Gasteiger partial charge in [-0.05, 0) is 18.9 Å². The van der Waals surface area contributed by atoms with Crippen molar-refractivity contribution in [3.05, 3.63) is 18.5 Å². The Balaban J connectivity index is 1.78. The van der Waals surface area contributed by atoms with Gasteiger partial charge in [-0.2, -0.15) is 0 Å². The van der Waals surface area contributed by atoms with Gasteiger partial charge in [0.1, 0.15) is 0 Å². The molecule has 1 amide bonds. The molecule has 0 radical (unpaired) electrons. The number of aromatic nitrogens is 2. The van der Waals surface area contributed by atoms with Crippen LogP contribution < -0.4 is 10.2 Å². The Hall–Kier alpha value is -1.69. The fraction of sp³-hybridized carbons (Fsp3) is 0.615. The third-order valence-corrected chi connectivity index (χ3v) is 3.42. The van der Waals surface area contributed by atoms with E-state index in [0.29, 0.717) is 12.5 Å². The Morgan fingerprint density at radius 3 is 2.68 bits per heavy atom. The third kappa shape index (κ3) is 3.89. The topological polar surface area (TPSA) is 78.4 Å². The van der Waals surface area contributed by atoms with Crippen LogP contribution in [0.25, 0.3) is 0 Å². The Morgan fingerprint density at radius 1 is 1.42 bits per heavy atom. The molecule has 0 atom stereocenters. The highest BCUT2D eigenvalue weighted by molar-refractivity contribution is 5.80. The minimum absolute atomic E-state index is 0.129. The Morgan fingerprint density at radius 2 is 2.05 bits per heavy atom. The van der Waals surface area contributed by atoms with Crippen molar-refractivity contribution in [2.24, 2.45) is 0 Å². The van der Waals surface area contributed by atoms with Crippen LogP contribution in [0.1, 0.15) is 25.7 Å². The van der Waals surface area contributed by atoms with Gasteiger partial charge in [0.15, 0.2) is 0 Å². The summed E-state index contributed by atoms with van der Waals surface area (Å²) in [6.45, 7) is 0.509. The van der Waals surface area contributed by atoms with Crippen molar-refractivity contribution in [1.82, 2.24) is 15.3 Å². The van der Waals surface area contributed by atoms with E-state index in [9.17, 15) is 9.90 Å². The highest BCUT2D eigenvalue weighted by atomic mass is 16.3. The molecule has 1 fully saturated rings. The fourth-order valence-electron chi connectivity index (χ4n) is 2.30. The van der Waals surface area contributed by atoms with Gasteiger partial charge in [0.25, 0.3) is 0 Å². The lowest BCUT2D eigenvalue weighted by Crippen LogP contribution is -2.44. The van der Waals surface area contributed by atoms with Crippen molar-refractivity contribution >= 4 is 11.9 Å². The van der Waals surface area contributed by atoms with Crippen LogP contribution in [-0.2, 0) is 4.79 Å². The summed E-state index contributed by atoms with van der Waals surface area (Å²) >= 11 is 0. The van der Waals surface area contributed by atoms with Crippen LogP contribution in [0.5, 0.6) is 0 Å². The van der Waals surface area contributed by atoms with Crippen LogP contribution in [0.2, 0.25) is 0 Å². The van der Waals surface area contributed by atoms with Crippen molar-refractivity contribution in [3.8, 4) is 0 Å². The molecule has 2 rings (SSSR count). The number of rotatable bonds is 5. The first-order chi connectivity index (χ1) is 9.09. The van der Waals surface area contributed by atoms with Gasteiger partial charge >= 0.3 is 0 Å². The molecular formula is C13H20N4O2. The van der Waals surface area contributed by atoms with Gasteiger partial charge in [-0.25, -0.2) is 9.97 Å². The van der Waals surface area contributed by atoms with Gasteiger partial charge in [0.05, 0.1) is 12.1 Å². The smallest absolute Gasteiger partial charge is 0.239 e. The highest BCUT2D eigenvalue weighted by Crippen LogP contribution is 2.28. The van der Waals surface area contributed by atoms with E-state index < -0.39 is 5.60 Å². The number of likely N-dealkylation sites (N-methyl/N-ethyl adjacent to an activating group) is 1. The molecule has 0 aliphatic heterocycles. The normalized spacial score (nSPS) is 17.2. The van der Waals surface area contributed by atoms with E-state index in [1.165, 1.54) is 0 Å². The molecule has 1 aromatic heterocycles. The summed E-state index contributed by atoms with van der Waals surface area (Å²) < 4.78 is 0. The lowest BCUT2D eigenvalue weighted by Gasteiger charge is -2.23.